The number of aromatic nitrogens is 4. The van der Waals surface area contributed by atoms with Crippen LogP contribution in [0.2, 0.25) is 0 Å². The number of halogens is 2. The highest BCUT2D eigenvalue weighted by atomic mass is 19.1. The van der Waals surface area contributed by atoms with E-state index in [1.54, 1.807) is 55.7 Å². The van der Waals surface area contributed by atoms with Gasteiger partial charge in [0.25, 0.3) is 5.91 Å². The fourth-order valence-electron chi connectivity index (χ4n) is 3.07. The number of rotatable bonds is 5. The zero-order chi connectivity index (χ0) is 21.1. The van der Waals surface area contributed by atoms with E-state index >= 15 is 0 Å². The van der Waals surface area contributed by atoms with Crippen molar-refractivity contribution in [3.8, 4) is 16.9 Å². The minimum atomic E-state index is -0.438. The monoisotopic (exact) mass is 405 g/mol. The van der Waals surface area contributed by atoms with E-state index in [9.17, 15) is 13.6 Å². The summed E-state index contributed by atoms with van der Waals surface area (Å²) < 4.78 is 28.0. The summed E-state index contributed by atoms with van der Waals surface area (Å²) in [7, 11) is 0. The van der Waals surface area contributed by atoms with Crippen LogP contribution in [0.15, 0.2) is 73.1 Å². The van der Waals surface area contributed by atoms with Crippen LogP contribution >= 0.6 is 0 Å². The third-order valence-corrected chi connectivity index (χ3v) is 4.63. The lowest BCUT2D eigenvalue weighted by Crippen LogP contribution is -2.27. The van der Waals surface area contributed by atoms with Gasteiger partial charge in [-0.25, -0.2) is 13.5 Å². The Morgan fingerprint density at radius 2 is 1.53 bits per heavy atom. The standard InChI is InChI=1S/C22H17F2N5O/c1-14(15-2-4-17(23)5-3-15)26-22(30)20-21(16-10-12-25-13-11-16)29(28-27-20)19-8-6-18(24)7-9-19/h2-14H,1H3,(H,26,30)/t14-/m1/s1. The van der Waals surface area contributed by atoms with Crippen molar-refractivity contribution in [2.24, 2.45) is 0 Å². The summed E-state index contributed by atoms with van der Waals surface area (Å²) in [5.41, 5.74) is 2.55. The van der Waals surface area contributed by atoms with Crippen LogP contribution in [-0.2, 0) is 0 Å². The summed E-state index contributed by atoms with van der Waals surface area (Å²) in [6.45, 7) is 1.79. The van der Waals surface area contributed by atoms with Crippen LogP contribution in [0.1, 0.15) is 29.0 Å². The third-order valence-electron chi connectivity index (χ3n) is 4.63. The van der Waals surface area contributed by atoms with E-state index in [1.807, 2.05) is 0 Å². The van der Waals surface area contributed by atoms with Gasteiger partial charge in [0.15, 0.2) is 5.69 Å². The highest BCUT2D eigenvalue weighted by Gasteiger charge is 2.23. The Hall–Kier alpha value is -3.94. The van der Waals surface area contributed by atoms with Crippen LogP contribution in [-0.4, -0.2) is 25.9 Å². The summed E-state index contributed by atoms with van der Waals surface area (Å²) in [4.78, 5) is 17.0. The molecule has 1 amide bonds. The van der Waals surface area contributed by atoms with E-state index in [0.29, 0.717) is 16.9 Å². The minimum Gasteiger partial charge on any atom is -0.344 e. The van der Waals surface area contributed by atoms with Crippen molar-refractivity contribution in [1.82, 2.24) is 25.3 Å². The highest BCUT2D eigenvalue weighted by molar-refractivity contribution is 5.98. The Morgan fingerprint density at radius 3 is 2.17 bits per heavy atom. The first-order valence-corrected chi connectivity index (χ1v) is 9.21. The molecule has 0 saturated carbocycles. The van der Waals surface area contributed by atoms with Gasteiger partial charge in [-0.05, 0) is 61.0 Å². The molecule has 30 heavy (non-hydrogen) atoms. The predicted octanol–water partition coefficient (Wildman–Crippen LogP) is 4.10. The van der Waals surface area contributed by atoms with Crippen LogP contribution in [0.4, 0.5) is 8.78 Å². The molecule has 0 radical (unpaired) electrons. The van der Waals surface area contributed by atoms with Crippen LogP contribution in [0.25, 0.3) is 16.9 Å². The van der Waals surface area contributed by atoms with E-state index in [-0.39, 0.29) is 23.4 Å². The summed E-state index contributed by atoms with van der Waals surface area (Å²) in [6.07, 6.45) is 3.19. The molecule has 0 spiro atoms. The van der Waals surface area contributed by atoms with E-state index in [0.717, 1.165) is 5.56 Å². The number of benzene rings is 2. The molecular formula is C22H17F2N5O. The highest BCUT2D eigenvalue weighted by Crippen LogP contribution is 2.25. The fraction of sp³-hybridized carbons (Fsp3) is 0.0909. The van der Waals surface area contributed by atoms with Crippen LogP contribution in [0, 0.1) is 11.6 Å². The van der Waals surface area contributed by atoms with Gasteiger partial charge in [0.05, 0.1) is 11.7 Å². The van der Waals surface area contributed by atoms with Crippen molar-refractivity contribution in [2.45, 2.75) is 13.0 Å². The molecule has 4 aromatic rings. The Kier molecular flexibility index (Phi) is 5.30. The smallest absolute Gasteiger partial charge is 0.274 e. The lowest BCUT2D eigenvalue weighted by Gasteiger charge is -2.14. The van der Waals surface area contributed by atoms with Crippen LogP contribution in [0.3, 0.4) is 0 Å². The summed E-state index contributed by atoms with van der Waals surface area (Å²) in [6, 6.07) is 14.7. The second kappa shape index (κ2) is 8.20. The van der Waals surface area contributed by atoms with Gasteiger partial charge >= 0.3 is 0 Å². The normalized spacial score (nSPS) is 11.8. The van der Waals surface area contributed by atoms with Crippen molar-refractivity contribution >= 4 is 5.91 Å². The molecule has 0 saturated heterocycles. The largest absolute Gasteiger partial charge is 0.344 e. The molecule has 1 N–H and O–H groups in total. The summed E-state index contributed by atoms with van der Waals surface area (Å²) in [5, 5.41) is 11.1. The minimum absolute atomic E-state index is 0.111. The zero-order valence-electron chi connectivity index (χ0n) is 16.0. The number of hydrogen-bond acceptors (Lipinski definition) is 4. The van der Waals surface area contributed by atoms with Gasteiger partial charge in [-0.1, -0.05) is 17.3 Å². The quantitative estimate of drug-likeness (QED) is 0.543. The average molecular weight is 405 g/mol. The van der Waals surface area contributed by atoms with Crippen molar-refractivity contribution < 1.29 is 13.6 Å². The molecule has 2 heterocycles. The van der Waals surface area contributed by atoms with Gasteiger partial charge in [-0.15, -0.1) is 5.10 Å². The maximum absolute atomic E-state index is 13.3. The molecule has 1 atom stereocenters. The SMILES string of the molecule is C[C@@H](NC(=O)c1nnn(-c2ccc(F)cc2)c1-c1ccncc1)c1ccc(F)cc1. The number of hydrogen-bond donors (Lipinski definition) is 1. The zero-order valence-corrected chi connectivity index (χ0v) is 16.0. The van der Waals surface area contributed by atoms with Crippen LogP contribution < -0.4 is 5.32 Å². The number of nitrogens with zero attached hydrogens (tertiary/aromatic N) is 4. The first-order chi connectivity index (χ1) is 14.5. The van der Waals surface area contributed by atoms with Crippen molar-refractivity contribution in [1.29, 1.82) is 0 Å². The number of carbonyl (C=O) groups is 1. The topological polar surface area (TPSA) is 72.7 Å². The number of amides is 1. The van der Waals surface area contributed by atoms with E-state index in [4.69, 9.17) is 0 Å². The number of nitrogens with one attached hydrogen (secondary N) is 1. The third kappa shape index (κ3) is 3.93. The van der Waals surface area contributed by atoms with Crippen molar-refractivity contribution in [3.05, 3.63) is 95.9 Å². The van der Waals surface area contributed by atoms with Gasteiger partial charge in [0, 0.05) is 18.0 Å². The lowest BCUT2D eigenvalue weighted by molar-refractivity contribution is 0.0935. The molecule has 8 heteroatoms. The van der Waals surface area contributed by atoms with Gasteiger partial charge in [0.1, 0.15) is 17.3 Å². The number of carbonyl (C=O) groups excluding carboxylic acids is 1. The fourth-order valence-corrected chi connectivity index (χ4v) is 3.07. The van der Waals surface area contributed by atoms with E-state index < -0.39 is 5.91 Å². The van der Waals surface area contributed by atoms with Gasteiger partial charge in [-0.3, -0.25) is 9.78 Å². The molecule has 150 valence electrons. The van der Waals surface area contributed by atoms with E-state index in [2.05, 4.69) is 20.6 Å². The molecule has 0 aliphatic carbocycles. The lowest BCUT2D eigenvalue weighted by atomic mass is 10.1. The Bertz CT molecular complexity index is 1160. The molecule has 0 unspecified atom stereocenters. The Balaban J connectivity index is 1.71. The molecule has 4 rings (SSSR count). The summed E-state index contributed by atoms with van der Waals surface area (Å²) >= 11 is 0. The predicted molar refractivity (Wildman–Crippen MR) is 107 cm³/mol. The van der Waals surface area contributed by atoms with Crippen molar-refractivity contribution in [3.63, 3.8) is 0 Å². The first-order valence-electron chi connectivity index (χ1n) is 9.21. The maximum atomic E-state index is 13.3. The molecule has 2 aromatic carbocycles. The van der Waals surface area contributed by atoms with Crippen LogP contribution in [0.5, 0.6) is 0 Å². The molecule has 6 nitrogen and oxygen atoms in total. The van der Waals surface area contributed by atoms with Gasteiger partial charge in [0.2, 0.25) is 0 Å². The first kappa shape index (κ1) is 19.4. The van der Waals surface area contributed by atoms with Gasteiger partial charge < -0.3 is 5.32 Å². The molecule has 0 bridgehead atoms. The Morgan fingerprint density at radius 1 is 0.933 bits per heavy atom. The molecular weight excluding hydrogens is 388 g/mol. The second-order valence-corrected chi connectivity index (χ2v) is 6.66. The molecule has 0 fully saturated rings. The summed E-state index contributed by atoms with van der Waals surface area (Å²) in [5.74, 6) is -1.16. The number of pyridine rings is 1. The van der Waals surface area contributed by atoms with Crippen molar-refractivity contribution in [2.75, 3.05) is 0 Å². The average Bonchev–Trinajstić information content (AvgIpc) is 3.20. The molecule has 2 aromatic heterocycles. The molecule has 0 aliphatic heterocycles. The van der Waals surface area contributed by atoms with E-state index in [1.165, 1.54) is 28.9 Å². The van der Waals surface area contributed by atoms with Gasteiger partial charge in [-0.2, -0.15) is 0 Å². The molecule has 0 aliphatic rings. The Labute approximate surface area is 171 Å². The second-order valence-electron chi connectivity index (χ2n) is 6.66. The maximum Gasteiger partial charge on any atom is 0.274 e.